The number of carbonyl (C=O) groups is 1. The summed E-state index contributed by atoms with van der Waals surface area (Å²) in [5.74, 6) is 0. The van der Waals surface area contributed by atoms with Crippen LogP contribution in [0, 0.1) is 10.1 Å². The zero-order chi connectivity index (χ0) is 14.7. The van der Waals surface area contributed by atoms with Crippen molar-refractivity contribution in [2.24, 2.45) is 0 Å². The average molecular weight is 278 g/mol. The molecule has 20 heavy (non-hydrogen) atoms. The topological polar surface area (TPSA) is 69.9 Å². The van der Waals surface area contributed by atoms with E-state index in [4.69, 9.17) is 0 Å². The third kappa shape index (κ3) is 3.05. The van der Waals surface area contributed by atoms with Crippen LogP contribution in [0.3, 0.4) is 0 Å². The molecule has 0 unspecified atom stereocenters. The maximum Gasteiger partial charge on any atom is 0.324 e. The summed E-state index contributed by atoms with van der Waals surface area (Å²) < 4.78 is 0. The molecule has 7 nitrogen and oxygen atoms in total. The molecule has 0 radical (unpaired) electrons. The molecule has 0 N–H and O–H groups in total. The van der Waals surface area contributed by atoms with Gasteiger partial charge in [-0.1, -0.05) is 0 Å². The molecule has 108 valence electrons. The minimum absolute atomic E-state index is 0.0224. The lowest BCUT2D eigenvalue weighted by molar-refractivity contribution is -0.384. The summed E-state index contributed by atoms with van der Waals surface area (Å²) in [5, 5.41) is 10.6. The minimum Gasteiger partial charge on any atom is -0.322 e. The van der Waals surface area contributed by atoms with Crippen molar-refractivity contribution in [3.05, 3.63) is 34.4 Å². The van der Waals surface area contributed by atoms with Crippen molar-refractivity contribution in [2.45, 2.75) is 0 Å². The Morgan fingerprint density at radius 2 is 1.75 bits per heavy atom. The van der Waals surface area contributed by atoms with E-state index in [-0.39, 0.29) is 11.7 Å². The van der Waals surface area contributed by atoms with Crippen LogP contribution >= 0.6 is 0 Å². The molecular formula is C13H18N4O3. The van der Waals surface area contributed by atoms with Crippen LogP contribution in [0.1, 0.15) is 0 Å². The summed E-state index contributed by atoms with van der Waals surface area (Å²) in [5.41, 5.74) is 0.675. The van der Waals surface area contributed by atoms with Crippen molar-refractivity contribution in [3.8, 4) is 0 Å². The third-order valence-corrected chi connectivity index (χ3v) is 3.51. The van der Waals surface area contributed by atoms with Crippen LogP contribution in [0.2, 0.25) is 0 Å². The molecule has 1 aromatic rings. The van der Waals surface area contributed by atoms with E-state index < -0.39 is 4.92 Å². The number of hydrogen-bond donors (Lipinski definition) is 0. The number of piperazine rings is 1. The molecule has 0 bridgehead atoms. The number of nitro benzene ring substituents is 1. The zero-order valence-corrected chi connectivity index (χ0v) is 11.7. The lowest BCUT2D eigenvalue weighted by atomic mass is 10.2. The maximum absolute atomic E-state index is 12.3. The lowest BCUT2D eigenvalue weighted by Crippen LogP contribution is -2.51. The number of nitrogens with zero attached hydrogens (tertiary/aromatic N) is 4. The van der Waals surface area contributed by atoms with Gasteiger partial charge in [-0.05, 0) is 19.2 Å². The Kier molecular flexibility index (Phi) is 4.19. The molecule has 0 atom stereocenters. The Morgan fingerprint density at radius 1 is 1.20 bits per heavy atom. The summed E-state index contributed by atoms with van der Waals surface area (Å²) in [6, 6.07) is 5.91. The summed E-state index contributed by atoms with van der Waals surface area (Å²) in [6.45, 7) is 3.12. The zero-order valence-electron chi connectivity index (χ0n) is 11.7. The number of nitro groups is 1. The number of rotatable bonds is 2. The highest BCUT2D eigenvalue weighted by molar-refractivity contribution is 5.91. The fourth-order valence-electron chi connectivity index (χ4n) is 2.12. The molecule has 1 aliphatic rings. The molecule has 0 saturated carbocycles. The van der Waals surface area contributed by atoms with Crippen molar-refractivity contribution < 1.29 is 9.72 Å². The van der Waals surface area contributed by atoms with E-state index >= 15 is 0 Å². The highest BCUT2D eigenvalue weighted by atomic mass is 16.6. The predicted octanol–water partition coefficient (Wildman–Crippen LogP) is 1.40. The first-order chi connectivity index (χ1) is 9.49. The second-order valence-electron chi connectivity index (χ2n) is 4.91. The molecule has 0 spiro atoms. The highest BCUT2D eigenvalue weighted by Crippen LogP contribution is 2.19. The van der Waals surface area contributed by atoms with Crippen LogP contribution in [-0.4, -0.2) is 61.0 Å². The predicted molar refractivity (Wildman–Crippen MR) is 76.0 cm³/mol. The minimum atomic E-state index is -0.452. The van der Waals surface area contributed by atoms with E-state index in [0.29, 0.717) is 18.8 Å². The van der Waals surface area contributed by atoms with E-state index in [1.807, 2.05) is 7.05 Å². The molecule has 1 saturated heterocycles. The van der Waals surface area contributed by atoms with Gasteiger partial charge in [0.1, 0.15) is 0 Å². The van der Waals surface area contributed by atoms with Crippen molar-refractivity contribution in [3.63, 3.8) is 0 Å². The van der Waals surface area contributed by atoms with Gasteiger partial charge in [0.25, 0.3) is 5.69 Å². The fraction of sp³-hybridized carbons (Fsp3) is 0.462. The van der Waals surface area contributed by atoms with E-state index in [2.05, 4.69) is 4.90 Å². The van der Waals surface area contributed by atoms with Crippen molar-refractivity contribution >= 4 is 17.4 Å². The third-order valence-electron chi connectivity index (χ3n) is 3.51. The molecule has 1 aliphatic heterocycles. The van der Waals surface area contributed by atoms with Gasteiger partial charge in [-0.3, -0.25) is 15.0 Å². The van der Waals surface area contributed by atoms with Gasteiger partial charge < -0.3 is 9.80 Å². The van der Waals surface area contributed by atoms with E-state index in [9.17, 15) is 14.9 Å². The fourth-order valence-corrected chi connectivity index (χ4v) is 2.12. The molecule has 7 heteroatoms. The van der Waals surface area contributed by atoms with Gasteiger partial charge in [-0.25, -0.2) is 4.79 Å². The Morgan fingerprint density at radius 3 is 2.25 bits per heavy atom. The Balaban J connectivity index is 2.04. The molecular weight excluding hydrogens is 260 g/mol. The Labute approximate surface area is 117 Å². The molecule has 1 fully saturated rings. The van der Waals surface area contributed by atoms with Gasteiger partial charge in [0.2, 0.25) is 0 Å². The van der Waals surface area contributed by atoms with E-state index in [1.165, 1.54) is 17.0 Å². The molecule has 1 heterocycles. The first kappa shape index (κ1) is 14.3. The first-order valence-corrected chi connectivity index (χ1v) is 6.44. The summed E-state index contributed by atoms with van der Waals surface area (Å²) in [6.07, 6.45) is 0. The van der Waals surface area contributed by atoms with Crippen LogP contribution in [0.5, 0.6) is 0 Å². The average Bonchev–Trinajstić information content (AvgIpc) is 2.46. The number of likely N-dealkylation sites (N-methyl/N-ethyl adjacent to an activating group) is 1. The standard InChI is InChI=1S/C13H18N4O3/c1-14-7-9-16(10-8-14)13(18)15(2)11-3-5-12(6-4-11)17(19)20/h3-6H,7-10H2,1-2H3. The lowest BCUT2D eigenvalue weighted by Gasteiger charge is -2.34. The Bertz CT molecular complexity index is 495. The monoisotopic (exact) mass is 278 g/mol. The largest absolute Gasteiger partial charge is 0.324 e. The number of benzene rings is 1. The number of urea groups is 1. The SMILES string of the molecule is CN1CCN(C(=O)N(C)c2ccc([N+](=O)[O-])cc2)CC1. The smallest absolute Gasteiger partial charge is 0.322 e. The second kappa shape index (κ2) is 5.87. The Hall–Kier alpha value is -2.15. The van der Waals surface area contributed by atoms with Gasteiger partial charge in [0, 0.05) is 51.0 Å². The quantitative estimate of drug-likeness (QED) is 0.605. The van der Waals surface area contributed by atoms with Crippen molar-refractivity contribution in [2.75, 3.05) is 45.2 Å². The van der Waals surface area contributed by atoms with Gasteiger partial charge in [-0.2, -0.15) is 0 Å². The van der Waals surface area contributed by atoms with Gasteiger partial charge in [-0.15, -0.1) is 0 Å². The maximum atomic E-state index is 12.3. The summed E-state index contributed by atoms with van der Waals surface area (Å²) in [4.78, 5) is 28.0. The molecule has 2 rings (SSSR count). The molecule has 0 aliphatic carbocycles. The van der Waals surface area contributed by atoms with Gasteiger partial charge in [0.15, 0.2) is 0 Å². The van der Waals surface area contributed by atoms with Crippen molar-refractivity contribution in [1.82, 2.24) is 9.80 Å². The summed E-state index contributed by atoms with van der Waals surface area (Å²) >= 11 is 0. The second-order valence-corrected chi connectivity index (χ2v) is 4.91. The van der Waals surface area contributed by atoms with Crippen molar-refractivity contribution in [1.29, 1.82) is 0 Å². The number of anilines is 1. The number of hydrogen-bond acceptors (Lipinski definition) is 4. The van der Waals surface area contributed by atoms with Crippen LogP contribution in [-0.2, 0) is 0 Å². The molecule has 0 aromatic heterocycles. The van der Waals surface area contributed by atoms with Crippen LogP contribution in [0.15, 0.2) is 24.3 Å². The number of carbonyl (C=O) groups excluding carboxylic acids is 1. The van der Waals surface area contributed by atoms with Gasteiger partial charge >= 0.3 is 6.03 Å². The first-order valence-electron chi connectivity index (χ1n) is 6.44. The summed E-state index contributed by atoms with van der Waals surface area (Å²) in [7, 11) is 3.71. The van der Waals surface area contributed by atoms with E-state index in [1.54, 1.807) is 24.1 Å². The van der Waals surface area contributed by atoms with Crippen LogP contribution in [0.25, 0.3) is 0 Å². The van der Waals surface area contributed by atoms with E-state index in [0.717, 1.165) is 13.1 Å². The molecule has 2 amide bonds. The normalized spacial score (nSPS) is 16.0. The van der Waals surface area contributed by atoms with Gasteiger partial charge in [0.05, 0.1) is 4.92 Å². The highest BCUT2D eigenvalue weighted by Gasteiger charge is 2.22. The number of non-ortho nitro benzene ring substituents is 1. The molecule has 1 aromatic carbocycles. The van der Waals surface area contributed by atoms with Crippen LogP contribution in [0.4, 0.5) is 16.2 Å². The van der Waals surface area contributed by atoms with Crippen LogP contribution < -0.4 is 4.90 Å². The number of amides is 2.